The van der Waals surface area contributed by atoms with Crippen LogP contribution in [-0.4, -0.2) is 86.5 Å². The summed E-state index contributed by atoms with van der Waals surface area (Å²) in [5.41, 5.74) is -1.95. The van der Waals surface area contributed by atoms with Crippen LogP contribution in [0.1, 0.15) is 0 Å². The Morgan fingerprint density at radius 1 is 1.33 bits per heavy atom. The predicted molar refractivity (Wildman–Crippen MR) is 55.4 cm³/mol. The SMILES string of the molecule is O=C(O)C(CO)N[C@@]1(CO)O[C@H](CO)[C@@H](O)[C@@H]1O. The molecule has 1 aliphatic heterocycles. The number of carbonyl (C=O) groups is 1. The molecule has 1 saturated heterocycles. The van der Waals surface area contributed by atoms with E-state index in [2.05, 4.69) is 5.32 Å². The van der Waals surface area contributed by atoms with Gasteiger partial charge in [-0.05, 0) is 0 Å². The lowest BCUT2D eigenvalue weighted by atomic mass is 10.0. The molecule has 106 valence electrons. The average molecular weight is 267 g/mol. The number of aliphatic hydroxyl groups is 5. The molecule has 1 rings (SSSR count). The Bertz CT molecular complexity index is 300. The zero-order chi connectivity index (χ0) is 13.9. The van der Waals surface area contributed by atoms with Crippen molar-refractivity contribution < 1.29 is 40.2 Å². The lowest BCUT2D eigenvalue weighted by Crippen LogP contribution is -2.62. The highest BCUT2D eigenvalue weighted by atomic mass is 16.6. The first kappa shape index (κ1) is 15.2. The van der Waals surface area contributed by atoms with E-state index in [-0.39, 0.29) is 0 Å². The number of rotatable bonds is 6. The summed E-state index contributed by atoms with van der Waals surface area (Å²) in [5, 5.41) is 57.3. The topological polar surface area (TPSA) is 160 Å². The Labute approximate surface area is 102 Å². The van der Waals surface area contributed by atoms with Crippen LogP contribution in [0.2, 0.25) is 0 Å². The minimum Gasteiger partial charge on any atom is -0.480 e. The van der Waals surface area contributed by atoms with E-state index in [1.54, 1.807) is 0 Å². The molecule has 0 aromatic carbocycles. The summed E-state index contributed by atoms with van der Waals surface area (Å²) >= 11 is 0. The number of nitrogens with one attached hydrogen (secondary N) is 1. The molecule has 5 atom stereocenters. The van der Waals surface area contributed by atoms with Gasteiger partial charge in [-0.2, -0.15) is 0 Å². The molecule has 0 spiro atoms. The van der Waals surface area contributed by atoms with Gasteiger partial charge in [-0.15, -0.1) is 0 Å². The number of ether oxygens (including phenoxy) is 1. The van der Waals surface area contributed by atoms with E-state index in [0.717, 1.165) is 0 Å². The van der Waals surface area contributed by atoms with Crippen LogP contribution in [0.25, 0.3) is 0 Å². The van der Waals surface area contributed by atoms with Gasteiger partial charge >= 0.3 is 5.97 Å². The van der Waals surface area contributed by atoms with Crippen LogP contribution in [0.4, 0.5) is 0 Å². The van der Waals surface area contributed by atoms with E-state index in [9.17, 15) is 20.1 Å². The zero-order valence-electron chi connectivity index (χ0n) is 9.43. The molecule has 1 unspecified atom stereocenters. The zero-order valence-corrected chi connectivity index (χ0v) is 9.43. The minimum atomic E-state index is -1.95. The van der Waals surface area contributed by atoms with Gasteiger partial charge in [0.05, 0.1) is 19.8 Å². The Morgan fingerprint density at radius 3 is 2.28 bits per heavy atom. The maximum atomic E-state index is 10.8. The van der Waals surface area contributed by atoms with Crippen molar-refractivity contribution in [1.82, 2.24) is 5.32 Å². The molecular formula is C9H17NO8. The van der Waals surface area contributed by atoms with E-state index < -0.39 is 55.9 Å². The van der Waals surface area contributed by atoms with Crippen LogP contribution in [-0.2, 0) is 9.53 Å². The summed E-state index contributed by atoms with van der Waals surface area (Å²) < 4.78 is 5.07. The molecule has 0 saturated carbocycles. The van der Waals surface area contributed by atoms with Crippen molar-refractivity contribution in [3.63, 3.8) is 0 Å². The third kappa shape index (κ3) is 2.62. The number of carboxylic acids is 1. The van der Waals surface area contributed by atoms with Gasteiger partial charge in [-0.25, -0.2) is 0 Å². The van der Waals surface area contributed by atoms with Gasteiger partial charge in [-0.1, -0.05) is 0 Å². The smallest absolute Gasteiger partial charge is 0.323 e. The van der Waals surface area contributed by atoms with Crippen molar-refractivity contribution in [1.29, 1.82) is 0 Å². The Morgan fingerprint density at radius 2 is 1.94 bits per heavy atom. The van der Waals surface area contributed by atoms with E-state index in [0.29, 0.717) is 0 Å². The predicted octanol–water partition coefficient (Wildman–Crippen LogP) is -4.18. The van der Waals surface area contributed by atoms with Gasteiger partial charge in [0.15, 0.2) is 5.72 Å². The fourth-order valence-corrected chi connectivity index (χ4v) is 1.81. The quantitative estimate of drug-likeness (QED) is 0.253. The summed E-state index contributed by atoms with van der Waals surface area (Å²) in [4.78, 5) is 10.8. The maximum Gasteiger partial charge on any atom is 0.323 e. The fourth-order valence-electron chi connectivity index (χ4n) is 1.81. The second-order valence-electron chi connectivity index (χ2n) is 4.04. The van der Waals surface area contributed by atoms with Gasteiger partial charge in [0.25, 0.3) is 0 Å². The van der Waals surface area contributed by atoms with E-state index in [1.807, 2.05) is 0 Å². The van der Waals surface area contributed by atoms with Gasteiger partial charge in [0.2, 0.25) is 0 Å². The standard InChI is InChI=1S/C9H17NO8/c11-1-4(8(16)17)10-9(3-13)7(15)6(14)5(2-12)18-9/h4-7,10-15H,1-3H2,(H,16,17)/t4?,5-,6-,7+,9+/m1/s1. The van der Waals surface area contributed by atoms with Crippen LogP contribution in [0.5, 0.6) is 0 Å². The number of hydrogen-bond acceptors (Lipinski definition) is 8. The van der Waals surface area contributed by atoms with Crippen molar-refractivity contribution in [3.8, 4) is 0 Å². The van der Waals surface area contributed by atoms with Crippen molar-refractivity contribution in [2.24, 2.45) is 0 Å². The third-order valence-electron chi connectivity index (χ3n) is 2.86. The first-order valence-corrected chi connectivity index (χ1v) is 5.29. The summed E-state index contributed by atoms with van der Waals surface area (Å²) in [7, 11) is 0. The van der Waals surface area contributed by atoms with Crippen molar-refractivity contribution >= 4 is 5.97 Å². The van der Waals surface area contributed by atoms with Gasteiger partial charge < -0.3 is 35.4 Å². The third-order valence-corrected chi connectivity index (χ3v) is 2.86. The Kier molecular flexibility index (Phi) is 4.99. The molecule has 1 heterocycles. The largest absolute Gasteiger partial charge is 0.480 e. The maximum absolute atomic E-state index is 10.8. The Balaban J connectivity index is 2.89. The summed E-state index contributed by atoms with van der Waals surface area (Å²) in [5.74, 6) is -1.41. The van der Waals surface area contributed by atoms with Crippen molar-refractivity contribution in [3.05, 3.63) is 0 Å². The van der Waals surface area contributed by atoms with Crippen molar-refractivity contribution in [2.45, 2.75) is 30.1 Å². The molecule has 9 nitrogen and oxygen atoms in total. The minimum absolute atomic E-state index is 0.613. The molecule has 7 N–H and O–H groups in total. The number of hydrogen-bond donors (Lipinski definition) is 7. The highest BCUT2D eigenvalue weighted by Crippen LogP contribution is 2.29. The van der Waals surface area contributed by atoms with Crippen LogP contribution in [0.3, 0.4) is 0 Å². The van der Waals surface area contributed by atoms with Crippen LogP contribution >= 0.6 is 0 Å². The van der Waals surface area contributed by atoms with Crippen LogP contribution in [0, 0.1) is 0 Å². The molecule has 0 aromatic rings. The first-order chi connectivity index (χ1) is 8.41. The molecule has 0 aromatic heterocycles. The highest BCUT2D eigenvalue weighted by Gasteiger charge is 2.55. The lowest BCUT2D eigenvalue weighted by Gasteiger charge is -2.33. The monoisotopic (exact) mass is 267 g/mol. The van der Waals surface area contributed by atoms with Gasteiger partial charge in [0, 0.05) is 0 Å². The van der Waals surface area contributed by atoms with Crippen LogP contribution in [0.15, 0.2) is 0 Å². The molecule has 0 aliphatic carbocycles. The van der Waals surface area contributed by atoms with Gasteiger partial charge in [0.1, 0.15) is 24.4 Å². The molecule has 0 radical (unpaired) electrons. The molecule has 0 amide bonds. The number of carboxylic acid groups (broad SMARTS) is 1. The average Bonchev–Trinajstić information content (AvgIpc) is 2.60. The van der Waals surface area contributed by atoms with Crippen molar-refractivity contribution in [2.75, 3.05) is 19.8 Å². The molecule has 1 aliphatic rings. The summed E-state index contributed by atoms with van der Waals surface area (Å²) in [6, 6.07) is -1.49. The highest BCUT2D eigenvalue weighted by molar-refractivity contribution is 5.73. The summed E-state index contributed by atoms with van der Waals surface area (Å²) in [6.45, 7) is -2.25. The fraction of sp³-hybridized carbons (Fsp3) is 0.889. The molecule has 1 fully saturated rings. The van der Waals surface area contributed by atoms with Crippen LogP contribution < -0.4 is 5.32 Å². The molecule has 9 heteroatoms. The number of aliphatic carboxylic acids is 1. The summed E-state index contributed by atoms with van der Waals surface area (Å²) in [6.07, 6.45) is -4.29. The van der Waals surface area contributed by atoms with Gasteiger partial charge in [-0.3, -0.25) is 10.1 Å². The lowest BCUT2D eigenvalue weighted by molar-refractivity contribution is -0.160. The molecule has 0 bridgehead atoms. The second kappa shape index (κ2) is 5.89. The normalized spacial score (nSPS) is 37.7. The first-order valence-electron chi connectivity index (χ1n) is 5.29. The molecule has 18 heavy (non-hydrogen) atoms. The Hall–Kier alpha value is -0.810. The second-order valence-corrected chi connectivity index (χ2v) is 4.04. The van der Waals surface area contributed by atoms with E-state index >= 15 is 0 Å². The van der Waals surface area contributed by atoms with E-state index in [1.165, 1.54) is 0 Å². The number of aliphatic hydroxyl groups excluding tert-OH is 5. The van der Waals surface area contributed by atoms with E-state index in [4.69, 9.17) is 20.1 Å². The molecular weight excluding hydrogens is 250 g/mol.